The predicted molar refractivity (Wildman–Crippen MR) is 125 cm³/mol. The molecule has 2 aromatic rings. The Morgan fingerprint density at radius 2 is 1.45 bits per heavy atom. The van der Waals surface area contributed by atoms with Crippen LogP contribution in [0, 0.1) is 0 Å². The van der Waals surface area contributed by atoms with E-state index in [1.54, 1.807) is 46.8 Å². The van der Waals surface area contributed by atoms with Crippen LogP contribution in [0.3, 0.4) is 0 Å². The second-order valence-electron chi connectivity index (χ2n) is 8.16. The van der Waals surface area contributed by atoms with Crippen LogP contribution in [-0.2, 0) is 10.0 Å². The number of piperidine rings is 2. The first-order valence-electron chi connectivity index (χ1n) is 10.9. The van der Waals surface area contributed by atoms with Gasteiger partial charge in [-0.2, -0.15) is 4.31 Å². The molecule has 2 aliphatic rings. The molecule has 2 saturated heterocycles. The van der Waals surface area contributed by atoms with Crippen molar-refractivity contribution in [2.75, 3.05) is 36.4 Å². The highest BCUT2D eigenvalue weighted by Crippen LogP contribution is 2.32. The Labute approximate surface area is 189 Å². The van der Waals surface area contributed by atoms with E-state index >= 15 is 0 Å². The molecular formula is C23H28ClN3O3S. The SMILES string of the molecule is O=C(Nc1ccc(Cl)cc1)c1ccc(N2CCCCC2)c(S(=O)(=O)N2CCCCC2)c1. The Hall–Kier alpha value is -2.09. The van der Waals surface area contributed by atoms with E-state index in [1.807, 2.05) is 0 Å². The summed E-state index contributed by atoms with van der Waals surface area (Å²) in [7, 11) is -3.68. The Bertz CT molecular complexity index is 1030. The van der Waals surface area contributed by atoms with Crippen LogP contribution in [0.5, 0.6) is 0 Å². The van der Waals surface area contributed by atoms with Crippen LogP contribution in [0.2, 0.25) is 5.02 Å². The number of nitrogens with one attached hydrogen (secondary N) is 1. The first kappa shape index (κ1) is 22.1. The first-order valence-corrected chi connectivity index (χ1v) is 12.7. The Morgan fingerprint density at radius 1 is 0.839 bits per heavy atom. The van der Waals surface area contributed by atoms with Gasteiger partial charge in [-0.25, -0.2) is 8.42 Å². The maximum Gasteiger partial charge on any atom is 0.255 e. The Balaban J connectivity index is 1.68. The largest absolute Gasteiger partial charge is 0.370 e. The van der Waals surface area contributed by atoms with Crippen LogP contribution in [0.25, 0.3) is 0 Å². The molecule has 0 saturated carbocycles. The van der Waals surface area contributed by atoms with Crippen molar-refractivity contribution in [3.63, 3.8) is 0 Å². The third kappa shape index (κ3) is 5.05. The molecule has 2 aromatic carbocycles. The van der Waals surface area contributed by atoms with Crippen LogP contribution in [0.1, 0.15) is 48.9 Å². The minimum Gasteiger partial charge on any atom is -0.370 e. The van der Waals surface area contributed by atoms with Crippen LogP contribution >= 0.6 is 11.6 Å². The van der Waals surface area contributed by atoms with Crippen molar-refractivity contribution in [3.05, 3.63) is 53.1 Å². The molecule has 2 aliphatic heterocycles. The van der Waals surface area contributed by atoms with Gasteiger partial charge in [-0.3, -0.25) is 4.79 Å². The van der Waals surface area contributed by atoms with Gasteiger partial charge in [-0.05, 0) is 74.6 Å². The molecule has 0 radical (unpaired) electrons. The van der Waals surface area contributed by atoms with Crippen LogP contribution in [-0.4, -0.2) is 44.8 Å². The van der Waals surface area contributed by atoms with Gasteiger partial charge >= 0.3 is 0 Å². The second-order valence-corrected chi connectivity index (χ2v) is 10.5. The van der Waals surface area contributed by atoms with Crippen molar-refractivity contribution in [1.82, 2.24) is 4.31 Å². The molecule has 1 N–H and O–H groups in total. The summed E-state index contributed by atoms with van der Waals surface area (Å²) in [6, 6.07) is 11.9. The third-order valence-electron chi connectivity index (χ3n) is 5.95. The van der Waals surface area contributed by atoms with E-state index in [2.05, 4.69) is 10.2 Å². The van der Waals surface area contributed by atoms with Gasteiger partial charge in [-0.1, -0.05) is 18.0 Å². The second kappa shape index (κ2) is 9.59. The summed E-state index contributed by atoms with van der Waals surface area (Å²) in [5, 5.41) is 3.41. The Kier molecular flexibility index (Phi) is 6.84. The number of halogens is 1. The molecule has 2 heterocycles. The molecule has 31 heavy (non-hydrogen) atoms. The number of nitrogens with zero attached hydrogens (tertiary/aromatic N) is 2. The zero-order chi connectivity index (χ0) is 21.8. The van der Waals surface area contributed by atoms with E-state index in [1.165, 1.54) is 0 Å². The topological polar surface area (TPSA) is 69.7 Å². The number of rotatable bonds is 5. The number of carbonyl (C=O) groups is 1. The fraction of sp³-hybridized carbons (Fsp3) is 0.435. The number of sulfonamides is 1. The summed E-state index contributed by atoms with van der Waals surface area (Å²) in [5.74, 6) is -0.345. The van der Waals surface area contributed by atoms with Crippen LogP contribution in [0.15, 0.2) is 47.4 Å². The van der Waals surface area contributed by atoms with Crippen LogP contribution < -0.4 is 10.2 Å². The molecule has 0 aromatic heterocycles. The first-order chi connectivity index (χ1) is 14.9. The summed E-state index contributed by atoms with van der Waals surface area (Å²) < 4.78 is 28.7. The number of carbonyl (C=O) groups excluding carboxylic acids is 1. The minimum absolute atomic E-state index is 0.236. The molecule has 8 heteroatoms. The average Bonchev–Trinajstić information content (AvgIpc) is 2.81. The zero-order valence-electron chi connectivity index (χ0n) is 17.5. The number of benzene rings is 2. The van der Waals surface area contributed by atoms with Crippen molar-refractivity contribution < 1.29 is 13.2 Å². The number of hydrogen-bond acceptors (Lipinski definition) is 4. The smallest absolute Gasteiger partial charge is 0.255 e. The number of amides is 1. The van der Waals surface area contributed by atoms with Crippen LogP contribution in [0.4, 0.5) is 11.4 Å². The highest BCUT2D eigenvalue weighted by atomic mass is 35.5. The molecule has 0 unspecified atom stereocenters. The van der Waals surface area contributed by atoms with Crippen molar-refractivity contribution in [2.45, 2.75) is 43.4 Å². The average molecular weight is 462 g/mol. The number of anilines is 2. The summed E-state index contributed by atoms with van der Waals surface area (Å²) in [4.78, 5) is 15.3. The van der Waals surface area contributed by atoms with Gasteiger partial charge < -0.3 is 10.2 Å². The molecular weight excluding hydrogens is 434 g/mol. The highest BCUT2D eigenvalue weighted by Gasteiger charge is 2.31. The number of hydrogen-bond donors (Lipinski definition) is 1. The monoisotopic (exact) mass is 461 g/mol. The van der Waals surface area contributed by atoms with E-state index in [4.69, 9.17) is 11.6 Å². The molecule has 0 spiro atoms. The predicted octanol–water partition coefficient (Wildman–Crippen LogP) is 4.76. The summed E-state index contributed by atoms with van der Waals surface area (Å²) in [6.45, 7) is 2.73. The molecule has 1 amide bonds. The molecule has 0 bridgehead atoms. The van der Waals surface area contributed by atoms with E-state index < -0.39 is 10.0 Å². The molecule has 4 rings (SSSR count). The lowest BCUT2D eigenvalue weighted by Crippen LogP contribution is -2.37. The molecule has 0 aliphatic carbocycles. The molecule has 6 nitrogen and oxygen atoms in total. The van der Waals surface area contributed by atoms with Gasteiger partial charge in [0.05, 0.1) is 5.69 Å². The summed E-state index contributed by atoms with van der Waals surface area (Å²) in [5.41, 5.74) is 1.63. The van der Waals surface area contributed by atoms with Gasteiger partial charge in [-0.15, -0.1) is 0 Å². The molecule has 166 valence electrons. The normalized spacial score (nSPS) is 18.0. The van der Waals surface area contributed by atoms with Gasteiger partial charge in [0.25, 0.3) is 5.91 Å². The van der Waals surface area contributed by atoms with Gasteiger partial charge in [0.2, 0.25) is 10.0 Å². The minimum atomic E-state index is -3.68. The molecule has 2 fully saturated rings. The third-order valence-corrected chi connectivity index (χ3v) is 8.13. The maximum absolute atomic E-state index is 13.6. The summed E-state index contributed by atoms with van der Waals surface area (Å²) >= 11 is 5.91. The van der Waals surface area contributed by atoms with E-state index in [9.17, 15) is 13.2 Å². The lowest BCUT2D eigenvalue weighted by atomic mass is 10.1. The lowest BCUT2D eigenvalue weighted by Gasteiger charge is -2.33. The standard InChI is InChI=1S/C23H28ClN3O3S/c24-19-8-10-20(11-9-19)25-23(28)18-7-12-21(26-13-3-1-4-14-26)22(17-18)31(29,30)27-15-5-2-6-16-27/h7-12,17H,1-6,13-16H2,(H,25,28). The van der Waals surface area contributed by atoms with Crippen molar-refractivity contribution in [1.29, 1.82) is 0 Å². The van der Waals surface area contributed by atoms with Crippen molar-refractivity contribution in [3.8, 4) is 0 Å². The van der Waals surface area contributed by atoms with Crippen molar-refractivity contribution in [2.24, 2.45) is 0 Å². The van der Waals surface area contributed by atoms with Gasteiger partial charge in [0.1, 0.15) is 4.90 Å². The maximum atomic E-state index is 13.6. The fourth-order valence-corrected chi connectivity index (χ4v) is 6.12. The molecule has 0 atom stereocenters. The van der Waals surface area contributed by atoms with Crippen molar-refractivity contribution >= 4 is 38.9 Å². The Morgan fingerprint density at radius 3 is 2.10 bits per heavy atom. The van der Waals surface area contributed by atoms with Gasteiger partial charge in [0.15, 0.2) is 0 Å². The zero-order valence-corrected chi connectivity index (χ0v) is 19.1. The fourth-order valence-electron chi connectivity index (χ4n) is 4.24. The van der Waals surface area contributed by atoms with E-state index in [0.717, 1.165) is 51.6 Å². The van der Waals surface area contributed by atoms with Gasteiger partial charge in [0, 0.05) is 42.5 Å². The summed E-state index contributed by atoms with van der Waals surface area (Å²) in [6.07, 6.45) is 6.04. The van der Waals surface area contributed by atoms with E-state index in [0.29, 0.717) is 35.1 Å². The highest BCUT2D eigenvalue weighted by molar-refractivity contribution is 7.89. The quantitative estimate of drug-likeness (QED) is 0.697. The lowest BCUT2D eigenvalue weighted by molar-refractivity contribution is 0.102. The van der Waals surface area contributed by atoms with E-state index in [-0.39, 0.29) is 10.8 Å².